The summed E-state index contributed by atoms with van der Waals surface area (Å²) in [5.74, 6) is 0.631. The molecule has 0 fully saturated rings. The average Bonchev–Trinajstić information content (AvgIpc) is 2.53. The highest BCUT2D eigenvalue weighted by Crippen LogP contribution is 2.33. The molecule has 0 aliphatic carbocycles. The lowest BCUT2D eigenvalue weighted by atomic mass is 9.95. The van der Waals surface area contributed by atoms with E-state index in [0.717, 1.165) is 5.56 Å². The highest BCUT2D eigenvalue weighted by molar-refractivity contribution is 6.33. The minimum atomic E-state index is -0.234. The summed E-state index contributed by atoms with van der Waals surface area (Å²) in [6.45, 7) is 0.344. The van der Waals surface area contributed by atoms with E-state index in [-0.39, 0.29) is 12.1 Å². The highest BCUT2D eigenvalue weighted by Gasteiger charge is 2.15. The van der Waals surface area contributed by atoms with Crippen molar-refractivity contribution >= 4 is 25.2 Å². The molecule has 2 aromatic carbocycles. The van der Waals surface area contributed by atoms with Crippen LogP contribution in [0.1, 0.15) is 15.9 Å². The van der Waals surface area contributed by atoms with Crippen LogP contribution in [-0.2, 0) is 6.61 Å². The van der Waals surface area contributed by atoms with Gasteiger partial charge in [0, 0.05) is 6.07 Å². The van der Waals surface area contributed by atoms with Gasteiger partial charge in [-0.15, -0.1) is 0 Å². The Hall–Kier alpha value is -1.94. The monoisotopic (exact) mass is 300 g/mol. The summed E-state index contributed by atoms with van der Waals surface area (Å²) < 4.78 is 10.9. The van der Waals surface area contributed by atoms with Gasteiger partial charge < -0.3 is 9.47 Å². The second kappa shape index (κ2) is 7.18. The number of hydrogen-bond acceptors (Lipinski definition) is 3. The number of ketones is 1. The molecule has 106 valence electrons. The Kier molecular flexibility index (Phi) is 5.29. The largest absolute Gasteiger partial charge is 0.495 e. The maximum Gasteiger partial charge on any atom is 0.158 e. The maximum absolute atomic E-state index is 11.9. The van der Waals surface area contributed by atoms with Gasteiger partial charge in [0.1, 0.15) is 18.1 Å². The summed E-state index contributed by atoms with van der Waals surface area (Å²) in [5, 5.41) is 0.348. The zero-order chi connectivity index (χ0) is 15.2. The van der Waals surface area contributed by atoms with Crippen LogP contribution >= 0.6 is 11.6 Å². The van der Waals surface area contributed by atoms with Gasteiger partial charge in [0.05, 0.1) is 25.5 Å². The third-order valence-electron chi connectivity index (χ3n) is 2.98. The zero-order valence-electron chi connectivity index (χ0n) is 11.6. The Morgan fingerprint density at radius 1 is 1.19 bits per heavy atom. The van der Waals surface area contributed by atoms with Crippen molar-refractivity contribution in [2.45, 2.75) is 12.9 Å². The topological polar surface area (TPSA) is 35.5 Å². The van der Waals surface area contributed by atoms with Gasteiger partial charge in [-0.05, 0) is 17.9 Å². The van der Waals surface area contributed by atoms with Gasteiger partial charge in [0.25, 0.3) is 0 Å². The first-order valence-corrected chi connectivity index (χ1v) is 6.81. The van der Waals surface area contributed by atoms with E-state index in [2.05, 4.69) is 0 Å². The Balaban J connectivity index is 2.29. The van der Waals surface area contributed by atoms with E-state index < -0.39 is 0 Å². The van der Waals surface area contributed by atoms with Gasteiger partial charge in [-0.25, -0.2) is 0 Å². The summed E-state index contributed by atoms with van der Waals surface area (Å²) in [6.07, 6.45) is -0.107. The number of hydrogen-bond donors (Lipinski definition) is 0. The summed E-state index contributed by atoms with van der Waals surface area (Å²) in [5.41, 5.74) is 1.36. The molecule has 0 unspecified atom stereocenters. The molecule has 0 N–H and O–H groups in total. The lowest BCUT2D eigenvalue weighted by molar-refractivity contribution is 0.101. The van der Waals surface area contributed by atoms with Crippen LogP contribution in [0.15, 0.2) is 42.5 Å². The first-order valence-electron chi connectivity index (χ1n) is 6.43. The van der Waals surface area contributed by atoms with Crippen molar-refractivity contribution in [1.82, 2.24) is 0 Å². The summed E-state index contributed by atoms with van der Waals surface area (Å²) in [4.78, 5) is 11.9. The second-order valence-electron chi connectivity index (χ2n) is 4.38. The summed E-state index contributed by atoms with van der Waals surface area (Å²) in [7, 11) is 6.93. The van der Waals surface area contributed by atoms with Crippen molar-refractivity contribution in [3.8, 4) is 11.5 Å². The van der Waals surface area contributed by atoms with E-state index in [1.807, 2.05) is 30.3 Å². The number of rotatable bonds is 6. The number of methoxy groups -OCH3 is 1. The third kappa shape index (κ3) is 3.79. The lowest BCUT2D eigenvalue weighted by Crippen LogP contribution is -2.05. The van der Waals surface area contributed by atoms with E-state index in [1.165, 1.54) is 13.2 Å². The molecule has 0 aliphatic heterocycles. The van der Waals surface area contributed by atoms with Crippen LogP contribution < -0.4 is 9.47 Å². The van der Waals surface area contributed by atoms with Crippen LogP contribution in [-0.4, -0.2) is 20.7 Å². The van der Waals surface area contributed by atoms with Crippen LogP contribution in [0.25, 0.3) is 0 Å². The van der Waals surface area contributed by atoms with Crippen molar-refractivity contribution in [2.75, 3.05) is 7.11 Å². The number of Topliss-reactive ketones (excluding diaryl/α,β-unsaturated/α-hetero) is 1. The van der Waals surface area contributed by atoms with E-state index in [0.29, 0.717) is 28.7 Å². The third-order valence-corrected chi connectivity index (χ3v) is 3.27. The van der Waals surface area contributed by atoms with Gasteiger partial charge in [0.2, 0.25) is 0 Å². The lowest BCUT2D eigenvalue weighted by Gasteiger charge is -2.13. The predicted molar refractivity (Wildman–Crippen MR) is 83.7 cm³/mol. The SMILES string of the molecule is [B]CC(=O)c1cc(Cl)c(OC)cc1OCc1ccccc1. The van der Waals surface area contributed by atoms with Gasteiger partial charge in [-0.3, -0.25) is 4.79 Å². The van der Waals surface area contributed by atoms with Crippen molar-refractivity contribution in [3.05, 3.63) is 58.6 Å². The normalized spacial score (nSPS) is 10.2. The number of carbonyl (C=O) groups is 1. The fraction of sp³-hybridized carbons (Fsp3) is 0.188. The molecule has 2 radical (unpaired) electrons. The van der Waals surface area contributed by atoms with Crippen molar-refractivity contribution in [2.24, 2.45) is 0 Å². The number of halogens is 1. The molecule has 21 heavy (non-hydrogen) atoms. The molecule has 0 bridgehead atoms. The number of benzene rings is 2. The highest BCUT2D eigenvalue weighted by atomic mass is 35.5. The van der Waals surface area contributed by atoms with Gasteiger partial charge in [-0.2, -0.15) is 0 Å². The van der Waals surface area contributed by atoms with E-state index in [4.69, 9.17) is 28.9 Å². The minimum absolute atomic E-state index is 0.107. The fourth-order valence-electron chi connectivity index (χ4n) is 1.87. The summed E-state index contributed by atoms with van der Waals surface area (Å²) >= 11 is 6.05. The molecule has 2 aromatic rings. The Bertz CT molecular complexity index is 629. The van der Waals surface area contributed by atoms with Gasteiger partial charge in [-0.1, -0.05) is 41.9 Å². The average molecular weight is 301 g/mol. The maximum atomic E-state index is 11.9. The van der Waals surface area contributed by atoms with E-state index >= 15 is 0 Å². The van der Waals surface area contributed by atoms with Crippen molar-refractivity contribution < 1.29 is 14.3 Å². The van der Waals surface area contributed by atoms with E-state index in [9.17, 15) is 4.79 Å². The van der Waals surface area contributed by atoms with Crippen LogP contribution in [0, 0.1) is 0 Å². The second-order valence-corrected chi connectivity index (χ2v) is 4.79. The zero-order valence-corrected chi connectivity index (χ0v) is 12.4. The standard InChI is InChI=1S/C16H14BClO3/c1-20-16-8-15(12(7-13(16)18)14(19)9-17)21-10-11-5-3-2-4-6-11/h2-8H,9-10H2,1H3. The van der Waals surface area contributed by atoms with Crippen LogP contribution in [0.5, 0.6) is 11.5 Å². The summed E-state index contributed by atoms with van der Waals surface area (Å²) in [6, 6.07) is 12.8. The first kappa shape index (κ1) is 15.5. The van der Waals surface area contributed by atoms with Gasteiger partial charge >= 0.3 is 0 Å². The first-order chi connectivity index (χ1) is 10.2. The Labute approximate surface area is 130 Å². The molecule has 0 atom stereocenters. The smallest absolute Gasteiger partial charge is 0.158 e. The molecule has 0 saturated carbocycles. The van der Waals surface area contributed by atoms with Gasteiger partial charge in [0.15, 0.2) is 5.78 Å². The van der Waals surface area contributed by atoms with Crippen LogP contribution in [0.3, 0.4) is 0 Å². The Morgan fingerprint density at radius 2 is 1.90 bits per heavy atom. The molecule has 3 nitrogen and oxygen atoms in total. The molecule has 0 aliphatic rings. The molecule has 0 heterocycles. The molecular formula is C16H14BClO3. The number of carbonyl (C=O) groups excluding carboxylic acids is 1. The van der Waals surface area contributed by atoms with Crippen LogP contribution in [0.4, 0.5) is 0 Å². The molecule has 0 aromatic heterocycles. The van der Waals surface area contributed by atoms with Crippen LogP contribution in [0.2, 0.25) is 11.3 Å². The Morgan fingerprint density at radius 3 is 2.52 bits per heavy atom. The molecule has 5 heteroatoms. The molecular weight excluding hydrogens is 286 g/mol. The minimum Gasteiger partial charge on any atom is -0.495 e. The molecule has 2 rings (SSSR count). The van der Waals surface area contributed by atoms with Crippen molar-refractivity contribution in [1.29, 1.82) is 0 Å². The fourth-order valence-corrected chi connectivity index (χ4v) is 2.11. The predicted octanol–water partition coefficient (Wildman–Crippen LogP) is 3.70. The number of ether oxygens (including phenoxy) is 2. The van der Waals surface area contributed by atoms with E-state index in [1.54, 1.807) is 6.07 Å². The quantitative estimate of drug-likeness (QED) is 0.603. The molecule has 0 spiro atoms. The molecule has 0 amide bonds. The van der Waals surface area contributed by atoms with Crippen molar-refractivity contribution in [3.63, 3.8) is 0 Å². The molecule has 0 saturated heterocycles.